The molecule has 0 saturated heterocycles. The van der Waals surface area contributed by atoms with Gasteiger partial charge in [-0.1, -0.05) is 19.9 Å². The van der Waals surface area contributed by atoms with E-state index in [1.165, 1.54) is 7.05 Å². The van der Waals surface area contributed by atoms with Gasteiger partial charge >= 0.3 is 6.09 Å². The van der Waals surface area contributed by atoms with Crippen LogP contribution in [0.3, 0.4) is 0 Å². The van der Waals surface area contributed by atoms with Gasteiger partial charge in [0.2, 0.25) is 0 Å². The van der Waals surface area contributed by atoms with Crippen molar-refractivity contribution in [1.29, 1.82) is 0 Å². The summed E-state index contributed by atoms with van der Waals surface area (Å²) in [4.78, 5) is 39.7. The van der Waals surface area contributed by atoms with E-state index in [9.17, 15) is 14.7 Å². The molecule has 0 fully saturated rings. The molecule has 12 heteroatoms. The van der Waals surface area contributed by atoms with E-state index in [2.05, 4.69) is 28.6 Å². The predicted octanol–water partition coefficient (Wildman–Crippen LogP) is 3.58. The molecule has 3 aromatic heterocycles. The Labute approximate surface area is 227 Å². The molecule has 1 unspecified atom stereocenters. The number of aromatic nitrogens is 5. The van der Waals surface area contributed by atoms with Crippen molar-refractivity contribution >= 4 is 23.6 Å². The molecule has 3 aromatic rings. The highest BCUT2D eigenvalue weighted by atomic mass is 16.5. The fourth-order valence-corrected chi connectivity index (χ4v) is 4.89. The minimum atomic E-state index is -1.06. The first-order valence-electron chi connectivity index (χ1n) is 13.1. The number of amides is 2. The largest absolute Gasteiger partial charge is 0.465 e. The minimum Gasteiger partial charge on any atom is -0.465 e. The van der Waals surface area contributed by atoms with Crippen LogP contribution in [0.5, 0.6) is 0 Å². The van der Waals surface area contributed by atoms with Crippen LogP contribution in [0.4, 0.5) is 16.4 Å². The molecule has 0 radical (unpaired) electrons. The number of anilines is 2. The second-order valence-corrected chi connectivity index (χ2v) is 10.7. The van der Waals surface area contributed by atoms with Gasteiger partial charge < -0.3 is 24.2 Å². The van der Waals surface area contributed by atoms with Crippen LogP contribution in [0, 0.1) is 5.92 Å². The van der Waals surface area contributed by atoms with Gasteiger partial charge in [-0.2, -0.15) is 0 Å². The maximum absolute atomic E-state index is 13.7. The minimum absolute atomic E-state index is 0.0660. The monoisotopic (exact) mass is 534 g/mol. The van der Waals surface area contributed by atoms with Crippen LogP contribution in [-0.4, -0.2) is 73.5 Å². The summed E-state index contributed by atoms with van der Waals surface area (Å²) in [5.41, 5.74) is 2.38. The number of carboxylic acid groups (broad SMARTS) is 1. The van der Waals surface area contributed by atoms with Crippen LogP contribution in [0.1, 0.15) is 61.2 Å². The molecule has 12 nitrogen and oxygen atoms in total. The third kappa shape index (κ3) is 4.80. The Kier molecular flexibility index (Phi) is 6.98. The molecule has 1 atom stereocenters. The van der Waals surface area contributed by atoms with Gasteiger partial charge in [0.05, 0.1) is 37.0 Å². The molecule has 0 aromatic carbocycles. The Morgan fingerprint density at radius 1 is 1.18 bits per heavy atom. The third-order valence-corrected chi connectivity index (χ3v) is 7.47. The van der Waals surface area contributed by atoms with E-state index < -0.39 is 6.09 Å². The smallest absolute Gasteiger partial charge is 0.407 e. The first kappa shape index (κ1) is 26.5. The fourth-order valence-electron chi connectivity index (χ4n) is 4.89. The molecule has 2 amide bonds. The van der Waals surface area contributed by atoms with Gasteiger partial charge in [0.1, 0.15) is 23.9 Å². The summed E-state index contributed by atoms with van der Waals surface area (Å²) in [6, 6.07) is 7.52. The van der Waals surface area contributed by atoms with Gasteiger partial charge in [-0.25, -0.2) is 14.8 Å². The Hall–Kier alpha value is -4.06. The van der Waals surface area contributed by atoms with Crippen LogP contribution in [0.25, 0.3) is 11.5 Å². The van der Waals surface area contributed by atoms with Crippen molar-refractivity contribution in [2.75, 3.05) is 30.5 Å². The summed E-state index contributed by atoms with van der Waals surface area (Å²) >= 11 is 0. The van der Waals surface area contributed by atoms with Crippen LogP contribution in [-0.2, 0) is 24.4 Å². The number of hydrogen-bond donors (Lipinski definition) is 1. The van der Waals surface area contributed by atoms with Crippen molar-refractivity contribution in [3.63, 3.8) is 0 Å². The van der Waals surface area contributed by atoms with Crippen molar-refractivity contribution < 1.29 is 19.4 Å². The maximum atomic E-state index is 13.7. The highest BCUT2D eigenvalue weighted by Crippen LogP contribution is 2.34. The number of fused-ring (bicyclic) bond motifs is 2. The molecule has 5 heterocycles. The Morgan fingerprint density at radius 3 is 2.64 bits per heavy atom. The van der Waals surface area contributed by atoms with E-state index in [1.54, 1.807) is 17.0 Å². The predicted molar refractivity (Wildman–Crippen MR) is 145 cm³/mol. The molecular weight excluding hydrogens is 500 g/mol. The van der Waals surface area contributed by atoms with Gasteiger partial charge in [0.15, 0.2) is 11.6 Å². The Bertz CT molecular complexity index is 1420. The van der Waals surface area contributed by atoms with E-state index in [0.717, 1.165) is 10.7 Å². The maximum Gasteiger partial charge on any atom is 0.407 e. The summed E-state index contributed by atoms with van der Waals surface area (Å²) in [5, 5.41) is 18.2. The van der Waals surface area contributed by atoms with Crippen molar-refractivity contribution in [2.24, 2.45) is 5.92 Å². The second kappa shape index (κ2) is 10.3. The molecule has 1 N–H and O–H groups in total. The van der Waals surface area contributed by atoms with Crippen molar-refractivity contribution in [3.05, 3.63) is 46.9 Å². The summed E-state index contributed by atoms with van der Waals surface area (Å²) < 4.78 is 7.82. The number of carbonyl (C=O) groups excluding carboxylic acids is 1. The number of carbonyl (C=O) groups is 2. The zero-order valence-electron chi connectivity index (χ0n) is 23.1. The lowest BCUT2D eigenvalue weighted by Gasteiger charge is -2.29. The van der Waals surface area contributed by atoms with Crippen LogP contribution < -0.4 is 9.80 Å². The number of rotatable bonds is 7. The fraction of sp³-hybridized carbons (Fsp3) is 0.481. The van der Waals surface area contributed by atoms with E-state index in [1.807, 2.05) is 37.9 Å². The zero-order valence-corrected chi connectivity index (χ0v) is 23.1. The number of ether oxygens (including phenoxy) is 1. The highest BCUT2D eigenvalue weighted by molar-refractivity contribution is 6.10. The lowest BCUT2D eigenvalue weighted by atomic mass is 10.0. The number of hydrogen-bond acceptors (Lipinski definition) is 8. The average molecular weight is 535 g/mol. The van der Waals surface area contributed by atoms with Gasteiger partial charge in [0, 0.05) is 25.7 Å². The van der Waals surface area contributed by atoms with E-state index in [-0.39, 0.29) is 31.1 Å². The first-order chi connectivity index (χ1) is 18.6. The summed E-state index contributed by atoms with van der Waals surface area (Å²) in [6.45, 7) is 9.60. The summed E-state index contributed by atoms with van der Waals surface area (Å²) in [7, 11) is 3.39. The Balaban J connectivity index is 1.53. The molecule has 2 aliphatic heterocycles. The number of pyridine rings is 2. The molecule has 39 heavy (non-hydrogen) atoms. The average Bonchev–Trinajstić information content (AvgIpc) is 3.49. The molecule has 0 bridgehead atoms. The summed E-state index contributed by atoms with van der Waals surface area (Å²) in [6.07, 6.45) is -1.06. The highest BCUT2D eigenvalue weighted by Gasteiger charge is 2.35. The van der Waals surface area contributed by atoms with E-state index in [4.69, 9.17) is 14.7 Å². The van der Waals surface area contributed by atoms with E-state index in [0.29, 0.717) is 59.1 Å². The molecule has 5 rings (SSSR count). The molecule has 206 valence electrons. The van der Waals surface area contributed by atoms with Gasteiger partial charge in [-0.3, -0.25) is 9.69 Å². The molecule has 0 spiro atoms. The summed E-state index contributed by atoms with van der Waals surface area (Å²) in [5.74, 6) is 2.61. The van der Waals surface area contributed by atoms with Crippen LogP contribution in [0.2, 0.25) is 0 Å². The SMILES string of the molecule is CC(C)C1COCc2nnc(-c3cccc(N4Cc5c(cc(N(C)C(C)C)nc5CN(C)C(=O)O)C4=O)n3)n21. The standard InChI is InChI=1S/C27H34N8O4/c1-15(2)21-13-39-14-24-30-31-25(35(21)24)19-8-7-9-22(28-19)34-11-18-17(26(34)36)10-23(33(6)16(3)4)29-20(18)12-32(5)27(37)38/h7-10,15-16,21H,11-14H2,1-6H3,(H,37,38). The Morgan fingerprint density at radius 2 is 1.95 bits per heavy atom. The van der Waals surface area contributed by atoms with Crippen molar-refractivity contribution in [1.82, 2.24) is 29.6 Å². The molecule has 0 aliphatic carbocycles. The van der Waals surface area contributed by atoms with Gasteiger partial charge in [0.25, 0.3) is 5.91 Å². The topological polar surface area (TPSA) is 130 Å². The lowest BCUT2D eigenvalue weighted by Crippen LogP contribution is -2.29. The zero-order chi connectivity index (χ0) is 28.0. The van der Waals surface area contributed by atoms with Crippen LogP contribution >= 0.6 is 0 Å². The number of nitrogens with zero attached hydrogens (tertiary/aromatic N) is 8. The quantitative estimate of drug-likeness (QED) is 0.483. The second-order valence-electron chi connectivity index (χ2n) is 10.7. The normalized spacial score (nSPS) is 16.6. The lowest BCUT2D eigenvalue weighted by molar-refractivity contribution is 0.0404. The van der Waals surface area contributed by atoms with E-state index >= 15 is 0 Å². The first-order valence-corrected chi connectivity index (χ1v) is 13.1. The van der Waals surface area contributed by atoms with Gasteiger partial charge in [-0.05, 0) is 38.0 Å². The van der Waals surface area contributed by atoms with Gasteiger partial charge in [-0.15, -0.1) is 10.2 Å². The third-order valence-electron chi connectivity index (χ3n) is 7.47. The van der Waals surface area contributed by atoms with Crippen molar-refractivity contribution in [3.8, 4) is 11.5 Å². The molecular formula is C27H34N8O4. The molecule has 0 saturated carbocycles. The van der Waals surface area contributed by atoms with Crippen molar-refractivity contribution in [2.45, 2.75) is 59.5 Å². The van der Waals surface area contributed by atoms with Crippen LogP contribution in [0.15, 0.2) is 24.3 Å². The molecule has 2 aliphatic rings.